The van der Waals surface area contributed by atoms with Crippen LogP contribution in [0.15, 0.2) is 6.07 Å². The summed E-state index contributed by atoms with van der Waals surface area (Å²) in [5.74, 6) is 1.90. The minimum absolute atomic E-state index is 0.897. The van der Waals surface area contributed by atoms with E-state index in [4.69, 9.17) is 0 Å². The molecule has 0 spiro atoms. The smallest absolute Gasteiger partial charge is 0.130 e. The molecule has 3 heteroatoms. The van der Waals surface area contributed by atoms with Crippen LogP contribution in [-0.4, -0.2) is 16.5 Å². The molecule has 0 amide bonds. The fraction of sp³-hybridized carbons (Fsp3) is 0.636. The maximum absolute atomic E-state index is 4.43. The summed E-state index contributed by atoms with van der Waals surface area (Å²) in [4.78, 5) is 8.84. The minimum Gasteiger partial charge on any atom is -0.370 e. The molecule has 0 unspecified atom stereocenters. The fourth-order valence-corrected chi connectivity index (χ4v) is 1.24. The van der Waals surface area contributed by atoms with E-state index in [2.05, 4.69) is 36.1 Å². The van der Waals surface area contributed by atoms with Crippen molar-refractivity contribution in [3.63, 3.8) is 0 Å². The van der Waals surface area contributed by atoms with Crippen LogP contribution in [0.2, 0.25) is 0 Å². The highest BCUT2D eigenvalue weighted by Gasteiger charge is 2.00. The SMILES string of the molecule is CCCNc1cc(CC)nc(CC)n1. The summed E-state index contributed by atoms with van der Waals surface area (Å²) >= 11 is 0. The van der Waals surface area contributed by atoms with Crippen molar-refractivity contribution in [2.45, 2.75) is 40.0 Å². The molecule has 0 aliphatic carbocycles. The van der Waals surface area contributed by atoms with E-state index in [1.807, 2.05) is 6.07 Å². The average molecular weight is 193 g/mol. The van der Waals surface area contributed by atoms with Crippen LogP contribution in [0.3, 0.4) is 0 Å². The van der Waals surface area contributed by atoms with Gasteiger partial charge in [-0.1, -0.05) is 20.8 Å². The van der Waals surface area contributed by atoms with Gasteiger partial charge in [0.1, 0.15) is 11.6 Å². The number of hydrogen-bond acceptors (Lipinski definition) is 3. The van der Waals surface area contributed by atoms with E-state index in [1.54, 1.807) is 0 Å². The molecule has 0 radical (unpaired) electrons. The highest BCUT2D eigenvalue weighted by Crippen LogP contribution is 2.07. The summed E-state index contributed by atoms with van der Waals surface area (Å²) in [7, 11) is 0. The maximum atomic E-state index is 4.43. The predicted molar refractivity (Wildman–Crippen MR) is 59.6 cm³/mol. The van der Waals surface area contributed by atoms with Gasteiger partial charge >= 0.3 is 0 Å². The quantitative estimate of drug-likeness (QED) is 0.780. The number of nitrogens with zero attached hydrogens (tertiary/aromatic N) is 2. The molecule has 0 saturated heterocycles. The number of aromatic nitrogens is 2. The monoisotopic (exact) mass is 193 g/mol. The molecule has 0 fully saturated rings. The lowest BCUT2D eigenvalue weighted by molar-refractivity contribution is 0.878. The summed E-state index contributed by atoms with van der Waals surface area (Å²) < 4.78 is 0. The number of anilines is 1. The number of aryl methyl sites for hydroxylation is 2. The first-order valence-electron chi connectivity index (χ1n) is 5.40. The first kappa shape index (κ1) is 11.0. The Bertz CT molecular complexity index is 262. The van der Waals surface area contributed by atoms with Crippen LogP contribution < -0.4 is 5.32 Å². The Morgan fingerprint density at radius 3 is 2.50 bits per heavy atom. The molecule has 1 aromatic rings. The Kier molecular flexibility index (Phi) is 4.36. The minimum atomic E-state index is 0.897. The molecule has 0 aromatic carbocycles. The van der Waals surface area contributed by atoms with Gasteiger partial charge in [0, 0.05) is 24.7 Å². The zero-order chi connectivity index (χ0) is 10.4. The second-order valence-electron chi connectivity index (χ2n) is 3.29. The van der Waals surface area contributed by atoms with Crippen molar-refractivity contribution in [1.82, 2.24) is 9.97 Å². The topological polar surface area (TPSA) is 37.8 Å². The molecule has 3 nitrogen and oxygen atoms in total. The predicted octanol–water partition coefficient (Wildman–Crippen LogP) is 2.42. The fourth-order valence-electron chi connectivity index (χ4n) is 1.24. The van der Waals surface area contributed by atoms with Gasteiger partial charge in [0.25, 0.3) is 0 Å². The highest BCUT2D eigenvalue weighted by molar-refractivity contribution is 5.36. The van der Waals surface area contributed by atoms with E-state index in [-0.39, 0.29) is 0 Å². The van der Waals surface area contributed by atoms with Crippen LogP contribution >= 0.6 is 0 Å². The van der Waals surface area contributed by atoms with Crippen molar-refractivity contribution < 1.29 is 0 Å². The van der Waals surface area contributed by atoms with Gasteiger partial charge in [0.15, 0.2) is 0 Å². The maximum Gasteiger partial charge on any atom is 0.130 e. The molecular formula is C11H19N3. The van der Waals surface area contributed by atoms with E-state index in [1.165, 1.54) is 0 Å². The third-order valence-electron chi connectivity index (χ3n) is 2.06. The zero-order valence-electron chi connectivity index (χ0n) is 9.30. The largest absolute Gasteiger partial charge is 0.370 e. The van der Waals surface area contributed by atoms with Crippen molar-refractivity contribution >= 4 is 5.82 Å². The molecular weight excluding hydrogens is 174 g/mol. The second kappa shape index (κ2) is 5.58. The Hall–Kier alpha value is -1.12. The molecule has 1 rings (SSSR count). The Balaban J connectivity index is 2.81. The zero-order valence-corrected chi connectivity index (χ0v) is 9.30. The van der Waals surface area contributed by atoms with Crippen molar-refractivity contribution in [1.29, 1.82) is 0 Å². The summed E-state index contributed by atoms with van der Waals surface area (Å²) in [6, 6.07) is 2.04. The third kappa shape index (κ3) is 2.98. The summed E-state index contributed by atoms with van der Waals surface area (Å²) in [6.07, 6.45) is 2.98. The van der Waals surface area contributed by atoms with E-state index >= 15 is 0 Å². The summed E-state index contributed by atoms with van der Waals surface area (Å²) in [5.41, 5.74) is 1.12. The molecule has 1 heterocycles. The van der Waals surface area contributed by atoms with E-state index < -0.39 is 0 Å². The molecule has 1 N–H and O–H groups in total. The van der Waals surface area contributed by atoms with Crippen molar-refractivity contribution in [2.75, 3.05) is 11.9 Å². The standard InChI is InChI=1S/C11H19N3/c1-4-7-12-11-8-9(5-2)13-10(6-3)14-11/h8H,4-7H2,1-3H3,(H,12,13,14). The van der Waals surface area contributed by atoms with Gasteiger partial charge in [-0.25, -0.2) is 9.97 Å². The lowest BCUT2D eigenvalue weighted by atomic mass is 10.3. The van der Waals surface area contributed by atoms with Crippen LogP contribution in [0.1, 0.15) is 38.7 Å². The molecule has 14 heavy (non-hydrogen) atoms. The lowest BCUT2D eigenvalue weighted by Crippen LogP contribution is -2.06. The van der Waals surface area contributed by atoms with Gasteiger partial charge < -0.3 is 5.32 Å². The van der Waals surface area contributed by atoms with Crippen LogP contribution in [0.5, 0.6) is 0 Å². The Morgan fingerprint density at radius 2 is 1.93 bits per heavy atom. The molecule has 78 valence electrons. The molecule has 0 saturated carbocycles. The summed E-state index contributed by atoms with van der Waals surface area (Å²) in [5, 5.41) is 3.29. The first-order chi connectivity index (χ1) is 6.80. The number of rotatable bonds is 5. The molecule has 1 aromatic heterocycles. The van der Waals surface area contributed by atoms with Crippen LogP contribution in [-0.2, 0) is 12.8 Å². The van der Waals surface area contributed by atoms with E-state index in [9.17, 15) is 0 Å². The van der Waals surface area contributed by atoms with Gasteiger partial charge in [-0.2, -0.15) is 0 Å². The Morgan fingerprint density at radius 1 is 1.14 bits per heavy atom. The van der Waals surface area contributed by atoms with Crippen molar-refractivity contribution in [3.8, 4) is 0 Å². The lowest BCUT2D eigenvalue weighted by Gasteiger charge is -2.07. The molecule has 0 aliphatic heterocycles. The Labute approximate surface area is 86.0 Å². The molecule has 0 aliphatic rings. The number of nitrogens with one attached hydrogen (secondary N) is 1. The van der Waals surface area contributed by atoms with Crippen LogP contribution in [0.25, 0.3) is 0 Å². The third-order valence-corrected chi connectivity index (χ3v) is 2.06. The van der Waals surface area contributed by atoms with Gasteiger partial charge in [-0.05, 0) is 12.8 Å². The average Bonchev–Trinajstić information content (AvgIpc) is 2.25. The highest BCUT2D eigenvalue weighted by atomic mass is 15.0. The molecule has 0 bridgehead atoms. The van der Waals surface area contributed by atoms with Crippen LogP contribution in [0.4, 0.5) is 5.82 Å². The van der Waals surface area contributed by atoms with Crippen LogP contribution in [0, 0.1) is 0 Å². The molecule has 0 atom stereocenters. The van der Waals surface area contributed by atoms with Crippen molar-refractivity contribution in [3.05, 3.63) is 17.6 Å². The first-order valence-corrected chi connectivity index (χ1v) is 5.40. The number of hydrogen-bond donors (Lipinski definition) is 1. The van der Waals surface area contributed by atoms with Gasteiger partial charge in [0.05, 0.1) is 0 Å². The van der Waals surface area contributed by atoms with E-state index in [0.29, 0.717) is 0 Å². The van der Waals surface area contributed by atoms with Gasteiger partial charge in [-0.15, -0.1) is 0 Å². The van der Waals surface area contributed by atoms with Gasteiger partial charge in [-0.3, -0.25) is 0 Å². The van der Waals surface area contributed by atoms with Gasteiger partial charge in [0.2, 0.25) is 0 Å². The van der Waals surface area contributed by atoms with Crippen molar-refractivity contribution in [2.24, 2.45) is 0 Å². The normalized spacial score (nSPS) is 10.2. The van der Waals surface area contributed by atoms with E-state index in [0.717, 1.165) is 43.1 Å². The second-order valence-corrected chi connectivity index (χ2v) is 3.29. The summed E-state index contributed by atoms with van der Waals surface area (Å²) in [6.45, 7) is 7.32.